The van der Waals surface area contributed by atoms with Gasteiger partial charge in [-0.2, -0.15) is 8.82 Å². The second kappa shape index (κ2) is 4.10. The van der Waals surface area contributed by atoms with Crippen LogP contribution in [0.4, 0.5) is 5.88 Å². The van der Waals surface area contributed by atoms with Crippen LogP contribution in [0.3, 0.4) is 0 Å². The van der Waals surface area contributed by atoms with Crippen molar-refractivity contribution in [2.24, 2.45) is 0 Å². The average Bonchev–Trinajstić information content (AvgIpc) is 2.79. The van der Waals surface area contributed by atoms with Gasteiger partial charge in [0, 0.05) is 0 Å². The van der Waals surface area contributed by atoms with Gasteiger partial charge < -0.3 is 8.94 Å². The van der Waals surface area contributed by atoms with Crippen molar-refractivity contribution in [2.45, 2.75) is 25.7 Å². The van der Waals surface area contributed by atoms with Gasteiger partial charge in [0.25, 0.3) is 10.0 Å². The molecule has 2 rings (SSSR count). The molecule has 0 aromatic carbocycles. The minimum absolute atomic E-state index is 0.0642. The van der Waals surface area contributed by atoms with Gasteiger partial charge >= 0.3 is 11.6 Å². The zero-order valence-electron chi connectivity index (χ0n) is 10.3. The molecule has 0 aliphatic rings. The van der Waals surface area contributed by atoms with Crippen molar-refractivity contribution >= 4 is 15.9 Å². The first-order chi connectivity index (χ1) is 8.80. The van der Waals surface area contributed by atoms with E-state index in [1.807, 2.05) is 0 Å². The average molecular weight is 283 g/mol. The minimum atomic E-state index is -4.20. The molecule has 2 aromatic rings. The van der Waals surface area contributed by atoms with Crippen LogP contribution >= 0.6 is 0 Å². The second-order valence-electron chi connectivity index (χ2n) is 3.79. The first kappa shape index (κ1) is 13.1. The van der Waals surface area contributed by atoms with E-state index in [1.165, 1.54) is 20.8 Å². The van der Waals surface area contributed by atoms with Crippen LogP contribution in [0.1, 0.15) is 17.1 Å². The van der Waals surface area contributed by atoms with E-state index in [0.717, 1.165) is 0 Å². The molecule has 0 amide bonds. The molecule has 8 nitrogen and oxygen atoms in total. The summed E-state index contributed by atoms with van der Waals surface area (Å²) in [4.78, 5) is 14.4. The lowest BCUT2D eigenvalue weighted by Crippen LogP contribution is -2.25. The molecule has 0 aliphatic carbocycles. The summed E-state index contributed by atoms with van der Waals surface area (Å²) in [7, 11) is -4.20. The summed E-state index contributed by atoms with van der Waals surface area (Å²) in [6.07, 6.45) is 0. The van der Waals surface area contributed by atoms with Crippen LogP contribution in [0.25, 0.3) is 4.85 Å². The van der Waals surface area contributed by atoms with Crippen LogP contribution in [0.5, 0.6) is 0 Å². The summed E-state index contributed by atoms with van der Waals surface area (Å²) in [5.41, 5.74) is 0.0503. The van der Waals surface area contributed by atoms with Crippen LogP contribution in [-0.4, -0.2) is 17.5 Å². The topological polar surface area (TPSA) is 99.7 Å². The first-order valence-electron chi connectivity index (χ1n) is 5.09. The molecule has 0 radical (unpaired) electrons. The molecule has 0 fully saturated rings. The van der Waals surface area contributed by atoms with Crippen LogP contribution in [0.2, 0.25) is 0 Å². The minimum Gasteiger partial charge on any atom is -0.433 e. The molecular formula is C10H9N3O5S. The smallest absolute Gasteiger partial charge is 0.419 e. The summed E-state index contributed by atoms with van der Waals surface area (Å²) in [6, 6.07) is 0. The van der Waals surface area contributed by atoms with Crippen LogP contribution in [-0.2, 0) is 10.0 Å². The van der Waals surface area contributed by atoms with Crippen LogP contribution < -0.4 is 5.76 Å². The zero-order chi connectivity index (χ0) is 14.4. The summed E-state index contributed by atoms with van der Waals surface area (Å²) in [5, 5.41) is 3.53. The third kappa shape index (κ3) is 1.77. The monoisotopic (exact) mass is 283 g/mol. The highest BCUT2D eigenvalue weighted by atomic mass is 32.2. The van der Waals surface area contributed by atoms with Crippen molar-refractivity contribution in [3.63, 3.8) is 0 Å². The summed E-state index contributed by atoms with van der Waals surface area (Å²) >= 11 is 0. The van der Waals surface area contributed by atoms with E-state index in [-0.39, 0.29) is 27.9 Å². The van der Waals surface area contributed by atoms with E-state index in [2.05, 4.69) is 14.4 Å². The molecule has 0 bridgehead atoms. The Hall–Kier alpha value is -2.34. The van der Waals surface area contributed by atoms with Crippen molar-refractivity contribution in [1.29, 1.82) is 0 Å². The maximum absolute atomic E-state index is 12.4. The predicted octanol–water partition coefficient (Wildman–Crippen LogP) is 1.14. The molecule has 0 saturated heterocycles. The molecule has 9 heteroatoms. The van der Waals surface area contributed by atoms with Gasteiger partial charge in [0.05, 0.1) is 12.3 Å². The largest absolute Gasteiger partial charge is 0.433 e. The lowest BCUT2D eigenvalue weighted by atomic mass is 10.4. The Kier molecular flexibility index (Phi) is 2.83. The Balaban J connectivity index is 2.83. The zero-order valence-corrected chi connectivity index (χ0v) is 11.1. The molecule has 100 valence electrons. The lowest BCUT2D eigenvalue weighted by Gasteiger charge is -2.04. The van der Waals surface area contributed by atoms with E-state index in [1.54, 1.807) is 0 Å². The third-order valence-corrected chi connectivity index (χ3v) is 4.53. The van der Waals surface area contributed by atoms with E-state index in [0.29, 0.717) is 3.97 Å². The Bertz CT molecular complexity index is 827. The van der Waals surface area contributed by atoms with Crippen molar-refractivity contribution in [3.05, 3.63) is 39.1 Å². The number of hydrogen-bond donors (Lipinski definition) is 0. The van der Waals surface area contributed by atoms with Gasteiger partial charge in [-0.1, -0.05) is 5.16 Å². The van der Waals surface area contributed by atoms with E-state index >= 15 is 0 Å². The van der Waals surface area contributed by atoms with Gasteiger partial charge in [-0.05, 0) is 20.8 Å². The van der Waals surface area contributed by atoms with Gasteiger partial charge in [0.15, 0.2) is 10.7 Å². The standard InChI is InChI=1S/C10H9N3O5S/c1-5-8(7(3)18-12-5)19(15,16)13-6(2)9(11-4)17-10(13)14/h1-3H3. The number of rotatable bonds is 2. The second-order valence-corrected chi connectivity index (χ2v) is 5.52. The normalized spacial score (nSPS) is 11.5. The highest BCUT2D eigenvalue weighted by Gasteiger charge is 2.31. The molecule has 0 spiro atoms. The number of aryl methyl sites for hydroxylation is 2. The molecule has 2 heterocycles. The van der Waals surface area contributed by atoms with Gasteiger partial charge in [-0.25, -0.2) is 13.2 Å². The summed E-state index contributed by atoms with van der Waals surface area (Å²) < 4.78 is 34.6. The molecule has 19 heavy (non-hydrogen) atoms. The molecule has 0 aliphatic heterocycles. The maximum atomic E-state index is 12.4. The van der Waals surface area contributed by atoms with Gasteiger partial charge in [0.2, 0.25) is 0 Å². The first-order valence-corrected chi connectivity index (χ1v) is 6.53. The quantitative estimate of drug-likeness (QED) is 0.766. The SMILES string of the molecule is [C-]#[N+]c1oc(=O)n(S(=O)(=O)c2c(C)noc2C)c1C. The number of hydrogen-bond acceptors (Lipinski definition) is 6. The molecule has 0 N–H and O–H groups in total. The van der Waals surface area contributed by atoms with Crippen molar-refractivity contribution < 1.29 is 17.4 Å². The van der Waals surface area contributed by atoms with Crippen molar-refractivity contribution in [3.8, 4) is 0 Å². The molecular weight excluding hydrogens is 274 g/mol. The Morgan fingerprint density at radius 2 is 1.95 bits per heavy atom. The number of oxazole rings is 1. The van der Waals surface area contributed by atoms with Gasteiger partial charge in [0.1, 0.15) is 5.69 Å². The predicted molar refractivity (Wildman–Crippen MR) is 62.5 cm³/mol. The van der Waals surface area contributed by atoms with E-state index in [4.69, 9.17) is 11.1 Å². The van der Waals surface area contributed by atoms with Crippen LogP contribution in [0.15, 0.2) is 18.6 Å². The number of nitrogens with zero attached hydrogens (tertiary/aromatic N) is 3. The van der Waals surface area contributed by atoms with Gasteiger partial charge in [-0.3, -0.25) is 0 Å². The molecule has 0 unspecified atom stereocenters. The maximum Gasteiger partial charge on any atom is 0.419 e. The Morgan fingerprint density at radius 1 is 1.32 bits per heavy atom. The summed E-state index contributed by atoms with van der Waals surface area (Å²) in [5.74, 6) is -1.43. The van der Waals surface area contributed by atoms with Crippen LogP contribution in [0, 0.1) is 27.3 Å². The summed E-state index contributed by atoms with van der Waals surface area (Å²) in [6.45, 7) is 11.0. The highest BCUT2D eigenvalue weighted by molar-refractivity contribution is 7.90. The molecule has 0 saturated carbocycles. The third-order valence-electron chi connectivity index (χ3n) is 2.53. The Morgan fingerprint density at radius 3 is 2.37 bits per heavy atom. The van der Waals surface area contributed by atoms with Crippen molar-refractivity contribution in [2.75, 3.05) is 0 Å². The molecule has 0 atom stereocenters. The van der Waals surface area contributed by atoms with E-state index in [9.17, 15) is 13.2 Å². The fraction of sp³-hybridized carbons (Fsp3) is 0.300. The highest BCUT2D eigenvalue weighted by Crippen LogP contribution is 2.25. The van der Waals surface area contributed by atoms with Crippen molar-refractivity contribution in [1.82, 2.24) is 9.13 Å². The van der Waals surface area contributed by atoms with Gasteiger partial charge in [-0.15, -0.1) is 0 Å². The fourth-order valence-electron chi connectivity index (χ4n) is 1.74. The van der Waals surface area contributed by atoms with E-state index < -0.39 is 15.8 Å². The molecule has 2 aromatic heterocycles. The fourth-order valence-corrected chi connectivity index (χ4v) is 3.40. The number of aromatic nitrogens is 2. The Labute approximate surface area is 108 Å². The lowest BCUT2D eigenvalue weighted by molar-refractivity contribution is 0.390.